The number of benzene rings is 1. The van der Waals surface area contributed by atoms with Crippen molar-refractivity contribution in [1.82, 2.24) is 14.2 Å². The Balaban J connectivity index is 1.48. The van der Waals surface area contributed by atoms with Crippen LogP contribution in [-0.2, 0) is 16.6 Å². The van der Waals surface area contributed by atoms with E-state index in [0.29, 0.717) is 43.7 Å². The first kappa shape index (κ1) is 17.8. The molecule has 1 aliphatic rings. The number of rotatable bonds is 4. The zero-order valence-electron chi connectivity index (χ0n) is 14.6. The topological polar surface area (TPSA) is 83.7 Å². The maximum atomic E-state index is 13.0. The highest BCUT2D eigenvalue weighted by atomic mass is 32.2. The van der Waals surface area contributed by atoms with Gasteiger partial charge >= 0.3 is 5.63 Å². The maximum Gasteiger partial charge on any atom is 0.336 e. The van der Waals surface area contributed by atoms with Gasteiger partial charge in [-0.15, -0.1) is 0 Å². The second kappa shape index (κ2) is 7.22. The van der Waals surface area contributed by atoms with Crippen LogP contribution < -0.4 is 5.63 Å². The summed E-state index contributed by atoms with van der Waals surface area (Å²) in [6.07, 6.45) is 1.76. The van der Waals surface area contributed by atoms with Gasteiger partial charge in [0.2, 0.25) is 10.0 Å². The second-order valence-electron chi connectivity index (χ2n) is 6.46. The van der Waals surface area contributed by atoms with Crippen LogP contribution in [0, 0.1) is 0 Å². The molecule has 1 aliphatic heterocycles. The molecule has 0 spiro atoms. The van der Waals surface area contributed by atoms with Crippen molar-refractivity contribution in [2.75, 3.05) is 26.2 Å². The lowest BCUT2D eigenvalue weighted by Crippen LogP contribution is -2.48. The molecule has 0 radical (unpaired) electrons. The summed E-state index contributed by atoms with van der Waals surface area (Å²) in [4.78, 5) is 18.0. The fourth-order valence-electron chi connectivity index (χ4n) is 3.21. The lowest BCUT2D eigenvalue weighted by Gasteiger charge is -2.33. The van der Waals surface area contributed by atoms with E-state index in [2.05, 4.69) is 9.88 Å². The van der Waals surface area contributed by atoms with E-state index in [0.717, 1.165) is 5.69 Å². The van der Waals surface area contributed by atoms with Crippen molar-refractivity contribution in [3.05, 3.63) is 70.8 Å². The Bertz CT molecular complexity index is 1100. The van der Waals surface area contributed by atoms with Crippen molar-refractivity contribution in [1.29, 1.82) is 0 Å². The Hall–Kier alpha value is -2.55. The van der Waals surface area contributed by atoms with Gasteiger partial charge in [0.05, 0.1) is 10.6 Å². The standard InChI is InChI=1S/C19H19N3O4S/c23-19-7-4-15-13-17(5-6-18(15)26-19)27(24,25)22-11-9-21(10-12-22)14-16-3-1-2-8-20-16/h1-8,13H,9-12,14H2. The van der Waals surface area contributed by atoms with Crippen LogP contribution in [0.25, 0.3) is 11.0 Å². The molecule has 8 heteroatoms. The van der Waals surface area contributed by atoms with Crippen LogP contribution in [0.1, 0.15) is 5.69 Å². The van der Waals surface area contributed by atoms with Gasteiger partial charge in [0.25, 0.3) is 0 Å². The summed E-state index contributed by atoms with van der Waals surface area (Å²) in [5.41, 5.74) is 0.897. The highest BCUT2D eigenvalue weighted by molar-refractivity contribution is 7.89. The molecule has 0 aliphatic carbocycles. The third-order valence-corrected chi connectivity index (χ3v) is 6.57. The number of sulfonamides is 1. The number of pyridine rings is 1. The number of fused-ring (bicyclic) bond motifs is 1. The van der Waals surface area contributed by atoms with E-state index in [-0.39, 0.29) is 4.90 Å². The number of nitrogens with zero attached hydrogens (tertiary/aromatic N) is 3. The van der Waals surface area contributed by atoms with Crippen molar-refractivity contribution in [3.8, 4) is 0 Å². The summed E-state index contributed by atoms with van der Waals surface area (Å²) in [5.74, 6) is 0. The largest absolute Gasteiger partial charge is 0.423 e. The predicted molar refractivity (Wildman–Crippen MR) is 101 cm³/mol. The van der Waals surface area contributed by atoms with Gasteiger partial charge in [0.15, 0.2) is 0 Å². The minimum Gasteiger partial charge on any atom is -0.423 e. The average molecular weight is 385 g/mol. The number of aromatic nitrogens is 1. The molecule has 27 heavy (non-hydrogen) atoms. The van der Waals surface area contributed by atoms with Gasteiger partial charge in [0, 0.05) is 50.4 Å². The molecule has 3 aromatic rings. The molecule has 0 saturated carbocycles. The van der Waals surface area contributed by atoms with Gasteiger partial charge < -0.3 is 4.42 Å². The molecular formula is C19H19N3O4S. The molecule has 0 N–H and O–H groups in total. The van der Waals surface area contributed by atoms with Gasteiger partial charge in [-0.05, 0) is 36.4 Å². The zero-order chi connectivity index (χ0) is 18.9. The molecule has 140 valence electrons. The zero-order valence-corrected chi connectivity index (χ0v) is 15.4. The second-order valence-corrected chi connectivity index (χ2v) is 8.39. The third kappa shape index (κ3) is 3.78. The van der Waals surface area contributed by atoms with Gasteiger partial charge in [-0.25, -0.2) is 13.2 Å². The van der Waals surface area contributed by atoms with E-state index in [4.69, 9.17) is 4.42 Å². The van der Waals surface area contributed by atoms with Crippen molar-refractivity contribution < 1.29 is 12.8 Å². The van der Waals surface area contributed by atoms with Crippen LogP contribution in [0.4, 0.5) is 0 Å². The minimum absolute atomic E-state index is 0.210. The Morgan fingerprint density at radius 3 is 2.56 bits per heavy atom. The quantitative estimate of drug-likeness (QED) is 0.636. The summed E-state index contributed by atoms with van der Waals surface area (Å²) < 4.78 is 32.5. The average Bonchev–Trinajstić information content (AvgIpc) is 2.69. The van der Waals surface area contributed by atoms with E-state index in [1.165, 1.54) is 22.5 Å². The predicted octanol–water partition coefficient (Wildman–Crippen LogP) is 1.69. The Labute approximate surface area is 156 Å². The van der Waals surface area contributed by atoms with Crippen LogP contribution in [0.5, 0.6) is 0 Å². The molecule has 3 heterocycles. The fraction of sp³-hybridized carbons (Fsp3) is 0.263. The van der Waals surface area contributed by atoms with E-state index >= 15 is 0 Å². The number of piperazine rings is 1. The molecule has 4 rings (SSSR count). The van der Waals surface area contributed by atoms with Crippen LogP contribution in [-0.4, -0.2) is 48.8 Å². The van der Waals surface area contributed by atoms with Crippen LogP contribution in [0.15, 0.2) is 68.8 Å². The minimum atomic E-state index is -3.59. The van der Waals surface area contributed by atoms with Crippen molar-refractivity contribution in [2.24, 2.45) is 0 Å². The van der Waals surface area contributed by atoms with Crippen LogP contribution in [0.2, 0.25) is 0 Å². The molecule has 0 atom stereocenters. The Kier molecular flexibility index (Phi) is 4.77. The first-order valence-corrected chi connectivity index (χ1v) is 10.1. The summed E-state index contributed by atoms with van der Waals surface area (Å²) in [6, 6.07) is 13.2. The third-order valence-electron chi connectivity index (χ3n) is 4.67. The highest BCUT2D eigenvalue weighted by Crippen LogP contribution is 2.22. The Morgan fingerprint density at radius 2 is 1.81 bits per heavy atom. The number of hydrogen-bond donors (Lipinski definition) is 0. The normalized spacial score (nSPS) is 16.6. The van der Waals surface area contributed by atoms with Gasteiger partial charge in [-0.2, -0.15) is 4.31 Å². The lowest BCUT2D eigenvalue weighted by molar-refractivity contribution is 0.180. The highest BCUT2D eigenvalue weighted by Gasteiger charge is 2.28. The summed E-state index contributed by atoms with van der Waals surface area (Å²) >= 11 is 0. The lowest BCUT2D eigenvalue weighted by atomic mass is 10.2. The molecular weight excluding hydrogens is 366 g/mol. The first-order chi connectivity index (χ1) is 13.0. The summed E-state index contributed by atoms with van der Waals surface area (Å²) in [7, 11) is -3.59. The molecule has 1 aromatic carbocycles. The Morgan fingerprint density at radius 1 is 1.00 bits per heavy atom. The molecule has 1 saturated heterocycles. The number of hydrogen-bond acceptors (Lipinski definition) is 6. The van der Waals surface area contributed by atoms with Gasteiger partial charge in [0.1, 0.15) is 5.58 Å². The van der Waals surface area contributed by atoms with E-state index < -0.39 is 15.6 Å². The van der Waals surface area contributed by atoms with Crippen molar-refractivity contribution in [3.63, 3.8) is 0 Å². The van der Waals surface area contributed by atoms with E-state index in [9.17, 15) is 13.2 Å². The molecule has 0 amide bonds. The first-order valence-electron chi connectivity index (χ1n) is 8.69. The smallest absolute Gasteiger partial charge is 0.336 e. The summed E-state index contributed by atoms with van der Waals surface area (Å²) in [6.45, 7) is 2.87. The maximum absolute atomic E-state index is 13.0. The van der Waals surface area contributed by atoms with Crippen molar-refractivity contribution in [2.45, 2.75) is 11.4 Å². The van der Waals surface area contributed by atoms with E-state index in [1.807, 2.05) is 18.2 Å². The van der Waals surface area contributed by atoms with Crippen LogP contribution in [0.3, 0.4) is 0 Å². The fourth-order valence-corrected chi connectivity index (χ4v) is 4.67. The molecule has 7 nitrogen and oxygen atoms in total. The molecule has 0 bridgehead atoms. The molecule has 0 unspecified atom stereocenters. The summed E-state index contributed by atoms with van der Waals surface area (Å²) in [5, 5.41) is 0.587. The van der Waals surface area contributed by atoms with E-state index in [1.54, 1.807) is 18.3 Å². The molecule has 1 fully saturated rings. The van der Waals surface area contributed by atoms with Gasteiger partial charge in [-0.3, -0.25) is 9.88 Å². The van der Waals surface area contributed by atoms with Gasteiger partial charge in [-0.1, -0.05) is 6.07 Å². The molecule has 2 aromatic heterocycles. The monoisotopic (exact) mass is 385 g/mol. The SMILES string of the molecule is O=c1ccc2cc(S(=O)(=O)N3CCN(Cc4ccccn4)CC3)ccc2o1. The van der Waals surface area contributed by atoms with Crippen LogP contribution >= 0.6 is 0 Å². The van der Waals surface area contributed by atoms with Crippen molar-refractivity contribution >= 4 is 21.0 Å².